The third kappa shape index (κ3) is 3.15. The number of aromatic nitrogens is 3. The van der Waals surface area contributed by atoms with Gasteiger partial charge in [0.25, 0.3) is 0 Å². The fourth-order valence-electron chi connectivity index (χ4n) is 2.05. The lowest BCUT2D eigenvalue weighted by Gasteiger charge is -2.18. The summed E-state index contributed by atoms with van der Waals surface area (Å²) >= 11 is 0. The van der Waals surface area contributed by atoms with Gasteiger partial charge in [-0.2, -0.15) is 5.10 Å². The minimum Gasteiger partial charge on any atom is -0.357 e. The van der Waals surface area contributed by atoms with E-state index in [-0.39, 0.29) is 17.4 Å². The van der Waals surface area contributed by atoms with E-state index in [1.807, 2.05) is 19.2 Å². The zero-order valence-corrected chi connectivity index (χ0v) is 13.5. The normalized spacial score (nSPS) is 13.2. The monoisotopic (exact) mass is 289 g/mol. The fraction of sp³-hybridized carbons (Fsp3) is 0.533. The summed E-state index contributed by atoms with van der Waals surface area (Å²) in [7, 11) is 3.48. The number of nitrogens with zero attached hydrogens (tertiary/aromatic N) is 4. The van der Waals surface area contributed by atoms with Gasteiger partial charge < -0.3 is 10.2 Å². The van der Waals surface area contributed by atoms with Crippen molar-refractivity contribution in [3.05, 3.63) is 24.2 Å². The molecule has 6 nitrogen and oxygen atoms in total. The number of likely N-dealkylation sites (N-methyl/N-ethyl adjacent to an activating group) is 1. The number of rotatable bonds is 3. The SMILES string of the molecule is CC(Nc1nccn2nc(C(C)(C)C)cc12)C(=O)N(C)C. The van der Waals surface area contributed by atoms with Crippen molar-refractivity contribution < 1.29 is 4.79 Å². The summed E-state index contributed by atoms with van der Waals surface area (Å²) in [6, 6.07) is 1.68. The van der Waals surface area contributed by atoms with E-state index in [1.54, 1.807) is 29.7 Å². The van der Waals surface area contributed by atoms with Crippen LogP contribution < -0.4 is 5.32 Å². The van der Waals surface area contributed by atoms with Crippen molar-refractivity contribution in [3.8, 4) is 0 Å². The molecular formula is C15H23N5O. The topological polar surface area (TPSA) is 62.5 Å². The Bertz CT molecular complexity index is 654. The molecule has 0 fully saturated rings. The average molecular weight is 289 g/mol. The van der Waals surface area contributed by atoms with Gasteiger partial charge in [0.2, 0.25) is 5.91 Å². The van der Waals surface area contributed by atoms with Crippen molar-refractivity contribution in [2.75, 3.05) is 19.4 Å². The maximum atomic E-state index is 12.0. The lowest BCUT2D eigenvalue weighted by Crippen LogP contribution is -2.36. The van der Waals surface area contributed by atoms with E-state index in [2.05, 4.69) is 36.2 Å². The highest BCUT2D eigenvalue weighted by Gasteiger charge is 2.21. The number of fused-ring (bicyclic) bond motifs is 1. The zero-order chi connectivity index (χ0) is 15.8. The summed E-state index contributed by atoms with van der Waals surface area (Å²) < 4.78 is 1.79. The minimum atomic E-state index is -0.341. The summed E-state index contributed by atoms with van der Waals surface area (Å²) in [5.41, 5.74) is 1.83. The van der Waals surface area contributed by atoms with Gasteiger partial charge in [-0.25, -0.2) is 9.50 Å². The summed E-state index contributed by atoms with van der Waals surface area (Å²) in [4.78, 5) is 17.9. The molecule has 2 rings (SSSR count). The molecule has 0 radical (unpaired) electrons. The molecule has 1 atom stereocenters. The molecule has 0 spiro atoms. The lowest BCUT2D eigenvalue weighted by molar-refractivity contribution is -0.129. The maximum Gasteiger partial charge on any atom is 0.244 e. The Morgan fingerprint density at radius 3 is 2.62 bits per heavy atom. The van der Waals surface area contributed by atoms with Crippen LogP contribution in [-0.4, -0.2) is 45.5 Å². The molecule has 0 saturated heterocycles. The van der Waals surface area contributed by atoms with E-state index < -0.39 is 0 Å². The largest absolute Gasteiger partial charge is 0.357 e. The Balaban J connectivity index is 2.36. The molecule has 0 saturated carbocycles. The molecule has 0 aliphatic heterocycles. The smallest absolute Gasteiger partial charge is 0.244 e. The average Bonchev–Trinajstić information content (AvgIpc) is 2.82. The van der Waals surface area contributed by atoms with Crippen molar-refractivity contribution in [1.82, 2.24) is 19.5 Å². The van der Waals surface area contributed by atoms with Crippen LogP contribution in [0.3, 0.4) is 0 Å². The van der Waals surface area contributed by atoms with Gasteiger partial charge in [-0.1, -0.05) is 20.8 Å². The van der Waals surface area contributed by atoms with Crippen LogP contribution in [0.25, 0.3) is 5.52 Å². The van der Waals surface area contributed by atoms with Crippen molar-refractivity contribution >= 4 is 17.2 Å². The number of nitrogens with one attached hydrogen (secondary N) is 1. The molecule has 0 aliphatic carbocycles. The van der Waals surface area contributed by atoms with E-state index in [0.717, 1.165) is 11.2 Å². The van der Waals surface area contributed by atoms with E-state index in [4.69, 9.17) is 0 Å². The summed E-state index contributed by atoms with van der Waals surface area (Å²) in [6.07, 6.45) is 3.50. The highest BCUT2D eigenvalue weighted by atomic mass is 16.2. The third-order valence-electron chi connectivity index (χ3n) is 3.32. The second-order valence-electron chi connectivity index (χ2n) is 6.48. The molecule has 21 heavy (non-hydrogen) atoms. The molecule has 114 valence electrons. The number of carbonyl (C=O) groups excluding carboxylic acids is 1. The van der Waals surface area contributed by atoms with Crippen LogP contribution in [0, 0.1) is 0 Å². The number of amides is 1. The van der Waals surface area contributed by atoms with E-state index >= 15 is 0 Å². The predicted octanol–water partition coefficient (Wildman–Crippen LogP) is 1.92. The van der Waals surface area contributed by atoms with Crippen LogP contribution in [-0.2, 0) is 10.2 Å². The maximum absolute atomic E-state index is 12.0. The number of hydrogen-bond acceptors (Lipinski definition) is 4. The first-order valence-corrected chi connectivity index (χ1v) is 7.02. The van der Waals surface area contributed by atoms with Crippen LogP contribution in [0.5, 0.6) is 0 Å². The zero-order valence-electron chi connectivity index (χ0n) is 13.5. The van der Waals surface area contributed by atoms with Gasteiger partial charge in [0.15, 0.2) is 5.82 Å². The van der Waals surface area contributed by atoms with Crippen LogP contribution in [0.15, 0.2) is 18.5 Å². The number of anilines is 1. The first-order valence-electron chi connectivity index (χ1n) is 7.02. The van der Waals surface area contributed by atoms with Crippen LogP contribution in [0.4, 0.5) is 5.82 Å². The van der Waals surface area contributed by atoms with Gasteiger partial charge in [0, 0.05) is 31.9 Å². The molecule has 0 bridgehead atoms. The first kappa shape index (κ1) is 15.3. The Hall–Kier alpha value is -2.11. The molecule has 2 aromatic heterocycles. The highest BCUT2D eigenvalue weighted by Crippen LogP contribution is 2.24. The van der Waals surface area contributed by atoms with Crippen molar-refractivity contribution in [3.63, 3.8) is 0 Å². The molecule has 1 unspecified atom stereocenters. The third-order valence-corrected chi connectivity index (χ3v) is 3.32. The van der Waals surface area contributed by atoms with Crippen molar-refractivity contribution in [1.29, 1.82) is 0 Å². The molecule has 2 heterocycles. The van der Waals surface area contributed by atoms with Crippen LogP contribution in [0.2, 0.25) is 0 Å². The molecule has 0 aromatic carbocycles. The molecule has 1 N–H and O–H groups in total. The van der Waals surface area contributed by atoms with Crippen LogP contribution >= 0.6 is 0 Å². The Kier molecular flexibility index (Phi) is 3.89. The quantitative estimate of drug-likeness (QED) is 0.937. The second-order valence-corrected chi connectivity index (χ2v) is 6.48. The molecule has 2 aromatic rings. The molecule has 1 amide bonds. The van der Waals surface area contributed by atoms with Gasteiger partial charge in [-0.15, -0.1) is 0 Å². The Morgan fingerprint density at radius 1 is 1.38 bits per heavy atom. The van der Waals surface area contributed by atoms with Gasteiger partial charge in [0.05, 0.1) is 5.69 Å². The van der Waals surface area contributed by atoms with Gasteiger partial charge >= 0.3 is 0 Å². The van der Waals surface area contributed by atoms with Gasteiger partial charge in [-0.05, 0) is 13.0 Å². The lowest BCUT2D eigenvalue weighted by atomic mass is 9.92. The minimum absolute atomic E-state index is 0.00867. The Morgan fingerprint density at radius 2 is 2.05 bits per heavy atom. The summed E-state index contributed by atoms with van der Waals surface area (Å²) in [5, 5.41) is 7.74. The van der Waals surface area contributed by atoms with E-state index in [9.17, 15) is 4.79 Å². The number of carbonyl (C=O) groups is 1. The summed E-state index contributed by atoms with van der Waals surface area (Å²) in [6.45, 7) is 8.18. The van der Waals surface area contributed by atoms with Gasteiger partial charge in [-0.3, -0.25) is 4.79 Å². The molecule has 0 aliphatic rings. The van der Waals surface area contributed by atoms with Gasteiger partial charge in [0.1, 0.15) is 11.6 Å². The molecular weight excluding hydrogens is 266 g/mol. The second kappa shape index (κ2) is 5.35. The Labute approximate surface area is 125 Å². The van der Waals surface area contributed by atoms with E-state index in [1.165, 1.54) is 0 Å². The van der Waals surface area contributed by atoms with Crippen LogP contribution in [0.1, 0.15) is 33.4 Å². The number of hydrogen-bond donors (Lipinski definition) is 1. The molecule has 6 heteroatoms. The standard InChI is InChI=1S/C15H23N5O/c1-10(14(21)19(5)6)17-13-11-9-12(15(2,3)4)18-20(11)8-7-16-13/h7-10H,1-6H3,(H,16,17). The predicted molar refractivity (Wildman–Crippen MR) is 83.5 cm³/mol. The highest BCUT2D eigenvalue weighted by molar-refractivity contribution is 5.85. The summed E-state index contributed by atoms with van der Waals surface area (Å²) in [5.74, 6) is 0.678. The first-order chi connectivity index (χ1) is 9.70. The van der Waals surface area contributed by atoms with Crippen molar-refractivity contribution in [2.45, 2.75) is 39.2 Å². The fourth-order valence-corrected chi connectivity index (χ4v) is 2.05. The van der Waals surface area contributed by atoms with Crippen molar-refractivity contribution in [2.24, 2.45) is 0 Å². The van der Waals surface area contributed by atoms with E-state index in [0.29, 0.717) is 5.82 Å².